The molecule has 1 aromatic carbocycles. The van der Waals surface area contributed by atoms with E-state index in [4.69, 9.17) is 28.3 Å². The van der Waals surface area contributed by atoms with Gasteiger partial charge in [-0.25, -0.2) is 4.79 Å². The number of amides is 2. The average Bonchev–Trinajstić information content (AvgIpc) is 2.27. The molecule has 0 fully saturated rings. The van der Waals surface area contributed by atoms with E-state index in [2.05, 4.69) is 5.32 Å². The second-order valence-corrected chi connectivity index (χ2v) is 4.83. The molecule has 0 saturated carbocycles. The van der Waals surface area contributed by atoms with Crippen molar-refractivity contribution >= 4 is 29.2 Å². The maximum atomic E-state index is 11.6. The fourth-order valence-corrected chi connectivity index (χ4v) is 2.17. The number of nitrogens with zero attached hydrogens (tertiary/aromatic N) is 1. The lowest BCUT2D eigenvalue weighted by atomic mass is 10.1. The van der Waals surface area contributed by atoms with Crippen molar-refractivity contribution in [3.8, 4) is 0 Å². The second-order valence-electron chi connectivity index (χ2n) is 3.99. The van der Waals surface area contributed by atoms with Crippen LogP contribution in [0.5, 0.6) is 0 Å². The van der Waals surface area contributed by atoms with E-state index in [0.717, 1.165) is 11.1 Å². The molecule has 2 amide bonds. The van der Waals surface area contributed by atoms with Crippen molar-refractivity contribution in [2.24, 2.45) is 0 Å². The van der Waals surface area contributed by atoms with Gasteiger partial charge in [0.1, 0.15) is 0 Å². The first kappa shape index (κ1) is 15.1. The number of nitrogens with one attached hydrogen (secondary N) is 1. The number of aliphatic hydroxyl groups is 1. The van der Waals surface area contributed by atoms with E-state index >= 15 is 0 Å². The number of aryl methyl sites for hydroxylation is 1. The highest BCUT2D eigenvalue weighted by Crippen LogP contribution is 2.24. The molecule has 1 aromatic rings. The molecule has 100 valence electrons. The summed E-state index contributed by atoms with van der Waals surface area (Å²) in [6.07, 6.45) is 0. The van der Waals surface area contributed by atoms with Crippen molar-refractivity contribution in [1.82, 2.24) is 10.2 Å². The maximum absolute atomic E-state index is 11.6. The Morgan fingerprint density at radius 3 is 2.67 bits per heavy atom. The molecule has 4 nitrogen and oxygen atoms in total. The summed E-state index contributed by atoms with van der Waals surface area (Å²) in [5.74, 6) is 0. The third kappa shape index (κ3) is 4.05. The van der Waals surface area contributed by atoms with Crippen molar-refractivity contribution in [3.05, 3.63) is 33.3 Å². The van der Waals surface area contributed by atoms with Crippen LogP contribution < -0.4 is 5.32 Å². The standard InChI is InChI=1S/C12H16Cl2N2O2/c1-8-5-9(13)6-11(14)10(8)7-15-12(18)16(2)3-4-17/h5-6,17H,3-4,7H2,1-2H3,(H,15,18). The van der Waals surface area contributed by atoms with Crippen molar-refractivity contribution < 1.29 is 9.90 Å². The summed E-state index contributed by atoms with van der Waals surface area (Å²) in [5.41, 5.74) is 1.77. The number of rotatable bonds is 4. The summed E-state index contributed by atoms with van der Waals surface area (Å²) in [7, 11) is 1.61. The van der Waals surface area contributed by atoms with E-state index in [-0.39, 0.29) is 12.6 Å². The maximum Gasteiger partial charge on any atom is 0.317 e. The topological polar surface area (TPSA) is 52.6 Å². The van der Waals surface area contributed by atoms with Gasteiger partial charge in [0.25, 0.3) is 0 Å². The van der Waals surface area contributed by atoms with Crippen LogP contribution in [0.3, 0.4) is 0 Å². The van der Waals surface area contributed by atoms with Gasteiger partial charge in [0.2, 0.25) is 0 Å². The predicted molar refractivity (Wildman–Crippen MR) is 73.2 cm³/mol. The van der Waals surface area contributed by atoms with Crippen LogP contribution in [0.1, 0.15) is 11.1 Å². The number of benzene rings is 1. The van der Waals surface area contributed by atoms with Gasteiger partial charge in [-0.2, -0.15) is 0 Å². The minimum absolute atomic E-state index is 0.0648. The van der Waals surface area contributed by atoms with Crippen LogP contribution in [0.15, 0.2) is 12.1 Å². The van der Waals surface area contributed by atoms with Crippen LogP contribution in [-0.2, 0) is 6.54 Å². The zero-order chi connectivity index (χ0) is 13.7. The van der Waals surface area contributed by atoms with Crippen LogP contribution in [0, 0.1) is 6.92 Å². The number of hydrogen-bond donors (Lipinski definition) is 2. The molecular weight excluding hydrogens is 275 g/mol. The Hall–Kier alpha value is -0.970. The smallest absolute Gasteiger partial charge is 0.317 e. The molecule has 0 saturated heterocycles. The second kappa shape index (κ2) is 6.83. The fourth-order valence-electron chi connectivity index (χ4n) is 1.51. The van der Waals surface area contributed by atoms with Crippen LogP contribution in [0.2, 0.25) is 10.0 Å². The SMILES string of the molecule is Cc1cc(Cl)cc(Cl)c1CNC(=O)N(C)CCO. The molecule has 0 radical (unpaired) electrons. The normalized spacial score (nSPS) is 10.3. The molecule has 18 heavy (non-hydrogen) atoms. The Morgan fingerprint density at radius 1 is 1.44 bits per heavy atom. The highest BCUT2D eigenvalue weighted by Gasteiger charge is 2.10. The molecule has 0 unspecified atom stereocenters. The monoisotopic (exact) mass is 290 g/mol. The minimum Gasteiger partial charge on any atom is -0.395 e. The fraction of sp³-hybridized carbons (Fsp3) is 0.417. The van der Waals surface area contributed by atoms with Crippen molar-refractivity contribution in [3.63, 3.8) is 0 Å². The number of halogens is 2. The number of aliphatic hydroxyl groups excluding tert-OH is 1. The quantitative estimate of drug-likeness (QED) is 0.895. The van der Waals surface area contributed by atoms with Crippen molar-refractivity contribution in [1.29, 1.82) is 0 Å². The Balaban J connectivity index is 2.67. The molecule has 2 N–H and O–H groups in total. The van der Waals surface area contributed by atoms with E-state index in [9.17, 15) is 4.79 Å². The highest BCUT2D eigenvalue weighted by molar-refractivity contribution is 6.35. The van der Waals surface area contributed by atoms with Gasteiger partial charge in [0.05, 0.1) is 6.61 Å². The van der Waals surface area contributed by atoms with Crippen LogP contribution in [0.4, 0.5) is 4.79 Å². The molecule has 0 aromatic heterocycles. The first-order chi connectivity index (χ1) is 8.45. The number of urea groups is 1. The summed E-state index contributed by atoms with van der Waals surface area (Å²) >= 11 is 11.9. The molecule has 0 atom stereocenters. The van der Waals surface area contributed by atoms with Gasteiger partial charge in [-0.05, 0) is 30.2 Å². The molecule has 0 heterocycles. The summed E-state index contributed by atoms with van der Waals surface area (Å²) in [6, 6.07) is 3.19. The largest absolute Gasteiger partial charge is 0.395 e. The van der Waals surface area contributed by atoms with Crippen LogP contribution in [-0.4, -0.2) is 36.2 Å². The first-order valence-corrected chi connectivity index (χ1v) is 6.25. The number of likely N-dealkylation sites (N-methyl/N-ethyl adjacent to an activating group) is 1. The summed E-state index contributed by atoms with van der Waals surface area (Å²) in [5, 5.41) is 12.6. The summed E-state index contributed by atoms with van der Waals surface area (Å²) in [6.45, 7) is 2.44. The molecular formula is C12H16Cl2N2O2. The Bertz CT molecular complexity index is 415. The zero-order valence-corrected chi connectivity index (χ0v) is 11.8. The van der Waals surface area contributed by atoms with Crippen LogP contribution in [0.25, 0.3) is 0 Å². The predicted octanol–water partition coefficient (Wildman–Crippen LogP) is 2.44. The van der Waals surface area contributed by atoms with Gasteiger partial charge in [-0.15, -0.1) is 0 Å². The van der Waals surface area contributed by atoms with Gasteiger partial charge in [0.15, 0.2) is 0 Å². The van der Waals surface area contributed by atoms with Gasteiger partial charge < -0.3 is 15.3 Å². The zero-order valence-electron chi connectivity index (χ0n) is 10.3. The molecule has 0 aliphatic carbocycles. The lowest BCUT2D eigenvalue weighted by molar-refractivity contribution is 0.190. The minimum atomic E-state index is -0.255. The highest BCUT2D eigenvalue weighted by atomic mass is 35.5. The van der Waals surface area contributed by atoms with E-state index < -0.39 is 0 Å². The van der Waals surface area contributed by atoms with Crippen LogP contribution >= 0.6 is 23.2 Å². The van der Waals surface area contributed by atoms with Gasteiger partial charge >= 0.3 is 6.03 Å². The number of hydrogen-bond acceptors (Lipinski definition) is 2. The van der Waals surface area contributed by atoms with Gasteiger partial charge in [-0.1, -0.05) is 23.2 Å². The molecule has 0 bridgehead atoms. The number of carbonyl (C=O) groups excluding carboxylic acids is 1. The van der Waals surface area contributed by atoms with Gasteiger partial charge in [0, 0.05) is 30.2 Å². The average molecular weight is 291 g/mol. The Kier molecular flexibility index (Phi) is 5.72. The van der Waals surface area contributed by atoms with Crippen molar-refractivity contribution in [2.45, 2.75) is 13.5 Å². The van der Waals surface area contributed by atoms with Crippen molar-refractivity contribution in [2.75, 3.05) is 20.2 Å². The molecule has 0 spiro atoms. The molecule has 0 aliphatic heterocycles. The molecule has 0 aliphatic rings. The first-order valence-electron chi connectivity index (χ1n) is 5.50. The lowest BCUT2D eigenvalue weighted by Gasteiger charge is -2.17. The molecule has 6 heteroatoms. The van der Waals surface area contributed by atoms with E-state index in [1.807, 2.05) is 6.92 Å². The lowest BCUT2D eigenvalue weighted by Crippen LogP contribution is -2.38. The van der Waals surface area contributed by atoms with E-state index in [1.54, 1.807) is 19.2 Å². The Labute approximate surface area is 116 Å². The third-order valence-electron chi connectivity index (χ3n) is 2.58. The third-order valence-corrected chi connectivity index (χ3v) is 3.14. The van der Waals surface area contributed by atoms with Gasteiger partial charge in [-0.3, -0.25) is 0 Å². The summed E-state index contributed by atoms with van der Waals surface area (Å²) < 4.78 is 0. The molecule has 1 rings (SSSR count). The summed E-state index contributed by atoms with van der Waals surface area (Å²) in [4.78, 5) is 13.0. The van der Waals surface area contributed by atoms with E-state index in [0.29, 0.717) is 23.1 Å². The Morgan fingerprint density at radius 2 is 2.11 bits per heavy atom. The number of carbonyl (C=O) groups is 1. The van der Waals surface area contributed by atoms with E-state index in [1.165, 1.54) is 4.90 Å².